The van der Waals surface area contributed by atoms with Crippen LogP contribution < -0.4 is 10.5 Å². The van der Waals surface area contributed by atoms with Crippen LogP contribution in [0.4, 0.5) is 0 Å². The zero-order chi connectivity index (χ0) is 15.6. The van der Waals surface area contributed by atoms with E-state index in [-0.39, 0.29) is 6.04 Å². The maximum atomic E-state index is 6.38. The lowest BCUT2D eigenvalue weighted by molar-refractivity contribution is 0.340. The van der Waals surface area contributed by atoms with Crippen molar-refractivity contribution in [3.8, 4) is 5.75 Å². The normalized spacial score (nSPS) is 12.3. The summed E-state index contributed by atoms with van der Waals surface area (Å²) in [6.45, 7) is 4.45. The van der Waals surface area contributed by atoms with Crippen molar-refractivity contribution in [3.05, 3.63) is 61.5 Å². The lowest BCUT2D eigenvalue weighted by Crippen LogP contribution is -2.14. The fourth-order valence-electron chi connectivity index (χ4n) is 2.16. The van der Waals surface area contributed by atoms with Crippen molar-refractivity contribution in [2.75, 3.05) is 6.61 Å². The summed E-state index contributed by atoms with van der Waals surface area (Å²) in [5.74, 6) is 0.575. The van der Waals surface area contributed by atoms with Gasteiger partial charge in [-0.3, -0.25) is 0 Å². The Morgan fingerprint density at radius 3 is 2.52 bits per heavy atom. The molecule has 2 N–H and O–H groups in total. The quantitative estimate of drug-likeness (QED) is 0.749. The van der Waals surface area contributed by atoms with Crippen LogP contribution in [0.3, 0.4) is 0 Å². The summed E-state index contributed by atoms with van der Waals surface area (Å²) in [4.78, 5) is 0. The molecule has 0 aliphatic carbocycles. The average Bonchev–Trinajstić information content (AvgIpc) is 2.44. The van der Waals surface area contributed by atoms with E-state index < -0.39 is 0 Å². The smallest absolute Gasteiger partial charge is 0.139 e. The van der Waals surface area contributed by atoms with Gasteiger partial charge in [0.2, 0.25) is 0 Å². The second-order valence-electron chi connectivity index (χ2n) is 4.72. The molecule has 1 atom stereocenters. The Bertz CT molecular complexity index is 661. The summed E-state index contributed by atoms with van der Waals surface area (Å²) in [6.07, 6.45) is 0. The molecule has 0 saturated carbocycles. The monoisotopic (exact) mass is 387 g/mol. The van der Waals surface area contributed by atoms with Crippen molar-refractivity contribution in [2.24, 2.45) is 5.73 Å². The number of hydrogen-bond acceptors (Lipinski definition) is 2. The van der Waals surface area contributed by atoms with Gasteiger partial charge in [0.1, 0.15) is 5.75 Å². The first kappa shape index (κ1) is 16.6. The number of halogens is 3. The van der Waals surface area contributed by atoms with Crippen molar-refractivity contribution < 1.29 is 4.74 Å². The van der Waals surface area contributed by atoms with E-state index in [4.69, 9.17) is 33.7 Å². The first-order valence-corrected chi connectivity index (χ1v) is 8.12. The number of ether oxygens (including phenoxy) is 1. The summed E-state index contributed by atoms with van der Waals surface area (Å²) in [6, 6.07) is 9.15. The average molecular weight is 389 g/mol. The maximum absolute atomic E-state index is 6.38. The Labute approximate surface area is 143 Å². The van der Waals surface area contributed by atoms with Gasteiger partial charge in [-0.05, 0) is 48.7 Å². The Morgan fingerprint density at radius 2 is 1.86 bits per heavy atom. The highest BCUT2D eigenvalue weighted by molar-refractivity contribution is 9.10. The molecule has 2 nitrogen and oxygen atoms in total. The minimum atomic E-state index is -0.344. The van der Waals surface area contributed by atoms with Crippen LogP contribution in [0.2, 0.25) is 10.0 Å². The van der Waals surface area contributed by atoms with Gasteiger partial charge < -0.3 is 10.5 Å². The van der Waals surface area contributed by atoms with Crippen molar-refractivity contribution in [1.82, 2.24) is 0 Å². The molecule has 21 heavy (non-hydrogen) atoms. The van der Waals surface area contributed by atoms with Gasteiger partial charge in [-0.15, -0.1) is 0 Å². The van der Waals surface area contributed by atoms with Gasteiger partial charge in [0.15, 0.2) is 0 Å². The number of nitrogens with two attached hydrogens (primary N) is 1. The molecule has 112 valence electrons. The summed E-state index contributed by atoms with van der Waals surface area (Å²) < 4.78 is 6.41. The molecule has 0 saturated heterocycles. The van der Waals surface area contributed by atoms with E-state index in [1.54, 1.807) is 12.1 Å². The van der Waals surface area contributed by atoms with E-state index in [2.05, 4.69) is 15.9 Å². The number of benzene rings is 2. The molecule has 0 aliphatic heterocycles. The molecule has 0 aliphatic rings. The highest BCUT2D eigenvalue weighted by atomic mass is 79.9. The van der Waals surface area contributed by atoms with Gasteiger partial charge in [0.25, 0.3) is 0 Å². The second kappa shape index (κ2) is 7.01. The van der Waals surface area contributed by atoms with Crippen LogP contribution in [-0.4, -0.2) is 6.61 Å². The number of rotatable bonds is 4. The van der Waals surface area contributed by atoms with E-state index in [0.717, 1.165) is 21.2 Å². The molecule has 0 amide bonds. The molecule has 2 aromatic carbocycles. The number of hydrogen-bond donors (Lipinski definition) is 1. The number of aryl methyl sites for hydroxylation is 1. The fraction of sp³-hybridized carbons (Fsp3) is 0.250. The van der Waals surface area contributed by atoms with Crippen molar-refractivity contribution in [1.29, 1.82) is 0 Å². The molecule has 0 spiro atoms. The Morgan fingerprint density at radius 1 is 1.14 bits per heavy atom. The van der Waals surface area contributed by atoms with Crippen LogP contribution in [0.25, 0.3) is 0 Å². The summed E-state index contributed by atoms with van der Waals surface area (Å²) >= 11 is 16.0. The molecule has 2 aromatic rings. The van der Waals surface area contributed by atoms with Crippen LogP contribution in [0.1, 0.15) is 29.7 Å². The first-order chi connectivity index (χ1) is 9.93. The largest absolute Gasteiger partial charge is 0.492 e. The molecule has 0 radical (unpaired) electrons. The topological polar surface area (TPSA) is 35.2 Å². The lowest BCUT2D eigenvalue weighted by atomic mass is 9.95. The molecule has 0 heterocycles. The van der Waals surface area contributed by atoms with Crippen LogP contribution in [0.15, 0.2) is 34.8 Å². The molecule has 2 rings (SSSR count). The summed E-state index contributed by atoms with van der Waals surface area (Å²) in [7, 11) is 0. The molecule has 0 aromatic heterocycles. The third-order valence-electron chi connectivity index (χ3n) is 3.26. The highest BCUT2D eigenvalue weighted by Crippen LogP contribution is 2.36. The standard InChI is InChI=1S/C16H16BrCl2NO/c1-3-21-15-8-13(18)12(7-14(15)19)16(20)11-6-10(17)5-4-9(11)2/h4-8,16H,3,20H2,1-2H3. The SMILES string of the molecule is CCOc1cc(Cl)c(C(N)c2cc(Br)ccc2C)cc1Cl. The second-order valence-corrected chi connectivity index (χ2v) is 6.45. The van der Waals surface area contributed by atoms with Gasteiger partial charge >= 0.3 is 0 Å². The molecule has 1 unspecified atom stereocenters. The zero-order valence-corrected chi connectivity index (χ0v) is 14.9. The zero-order valence-electron chi connectivity index (χ0n) is 11.8. The van der Waals surface area contributed by atoms with Gasteiger partial charge in [-0.1, -0.05) is 45.2 Å². The van der Waals surface area contributed by atoms with Crippen molar-refractivity contribution in [2.45, 2.75) is 19.9 Å². The van der Waals surface area contributed by atoms with E-state index in [1.165, 1.54) is 0 Å². The fourth-order valence-corrected chi connectivity index (χ4v) is 3.04. The van der Waals surface area contributed by atoms with Gasteiger partial charge in [-0.25, -0.2) is 0 Å². The van der Waals surface area contributed by atoms with E-state index in [1.807, 2.05) is 32.0 Å². The van der Waals surface area contributed by atoms with Crippen LogP contribution in [-0.2, 0) is 0 Å². The van der Waals surface area contributed by atoms with E-state index in [9.17, 15) is 0 Å². The third-order valence-corrected chi connectivity index (χ3v) is 4.38. The Hall–Kier alpha value is -0.740. The summed E-state index contributed by atoms with van der Waals surface area (Å²) in [5, 5.41) is 1.06. The van der Waals surface area contributed by atoms with Crippen molar-refractivity contribution >= 4 is 39.1 Å². The van der Waals surface area contributed by atoms with Gasteiger partial charge in [-0.2, -0.15) is 0 Å². The Balaban J connectivity index is 2.46. The van der Waals surface area contributed by atoms with Crippen molar-refractivity contribution in [3.63, 3.8) is 0 Å². The van der Waals surface area contributed by atoms with Crippen LogP contribution in [0.5, 0.6) is 5.75 Å². The van der Waals surface area contributed by atoms with Gasteiger partial charge in [0, 0.05) is 15.6 Å². The minimum absolute atomic E-state index is 0.344. The predicted molar refractivity (Wildman–Crippen MR) is 92.5 cm³/mol. The maximum Gasteiger partial charge on any atom is 0.139 e. The van der Waals surface area contributed by atoms with E-state index >= 15 is 0 Å². The molecule has 5 heteroatoms. The first-order valence-electron chi connectivity index (χ1n) is 6.57. The van der Waals surface area contributed by atoms with Crippen LogP contribution in [0, 0.1) is 6.92 Å². The van der Waals surface area contributed by atoms with Gasteiger partial charge in [0.05, 0.1) is 17.7 Å². The van der Waals surface area contributed by atoms with Crippen LogP contribution >= 0.6 is 39.1 Å². The lowest BCUT2D eigenvalue weighted by Gasteiger charge is -2.18. The summed E-state index contributed by atoms with van der Waals surface area (Å²) in [5.41, 5.74) is 9.27. The minimum Gasteiger partial charge on any atom is -0.492 e. The molecule has 0 fully saturated rings. The molecular weight excluding hydrogens is 373 g/mol. The molecular formula is C16H16BrCl2NO. The van der Waals surface area contributed by atoms with E-state index in [0.29, 0.717) is 22.4 Å². The Kier molecular flexibility index (Phi) is 5.55. The highest BCUT2D eigenvalue weighted by Gasteiger charge is 2.17. The third kappa shape index (κ3) is 3.72. The molecule has 0 bridgehead atoms. The predicted octanol–water partition coefficient (Wildman–Crippen LogP) is 5.51.